The predicted molar refractivity (Wildman–Crippen MR) is 146 cm³/mol. The van der Waals surface area contributed by atoms with Gasteiger partial charge in [-0.3, -0.25) is 14.3 Å². The second-order valence-corrected chi connectivity index (χ2v) is 11.1. The molecule has 3 aromatic rings. The average molecular weight is 499 g/mol. The molecule has 0 saturated heterocycles. The van der Waals surface area contributed by atoms with Crippen LogP contribution >= 0.6 is 0 Å². The highest BCUT2D eigenvalue weighted by Crippen LogP contribution is 2.31. The smallest absolute Gasteiger partial charge is 0.273 e. The van der Waals surface area contributed by atoms with Gasteiger partial charge < -0.3 is 10.2 Å². The summed E-state index contributed by atoms with van der Waals surface area (Å²) in [6, 6.07) is 20.6. The topological polar surface area (TPSA) is 67.2 Å². The van der Waals surface area contributed by atoms with Crippen LogP contribution < -0.4 is 5.32 Å². The van der Waals surface area contributed by atoms with Gasteiger partial charge in [-0.2, -0.15) is 5.10 Å². The van der Waals surface area contributed by atoms with Gasteiger partial charge in [0, 0.05) is 18.2 Å². The third kappa shape index (κ3) is 5.20. The van der Waals surface area contributed by atoms with E-state index in [1.54, 1.807) is 9.58 Å². The van der Waals surface area contributed by atoms with E-state index in [-0.39, 0.29) is 17.9 Å². The Labute approximate surface area is 220 Å². The van der Waals surface area contributed by atoms with Crippen molar-refractivity contribution in [3.63, 3.8) is 0 Å². The van der Waals surface area contributed by atoms with Crippen LogP contribution in [0.4, 0.5) is 0 Å². The van der Waals surface area contributed by atoms with Gasteiger partial charge in [0.1, 0.15) is 11.2 Å². The van der Waals surface area contributed by atoms with Gasteiger partial charge in [0.2, 0.25) is 5.91 Å². The number of aromatic nitrogens is 2. The summed E-state index contributed by atoms with van der Waals surface area (Å²) in [5.41, 5.74) is 3.68. The minimum absolute atomic E-state index is 0.0789. The quantitative estimate of drug-likeness (QED) is 0.462. The normalized spacial score (nSPS) is 20.2. The van der Waals surface area contributed by atoms with E-state index in [2.05, 4.69) is 55.6 Å². The molecule has 2 heterocycles. The van der Waals surface area contributed by atoms with Crippen molar-refractivity contribution < 1.29 is 9.59 Å². The van der Waals surface area contributed by atoms with Crippen LogP contribution in [0.15, 0.2) is 60.7 Å². The molecule has 1 N–H and O–H groups in total. The molecule has 1 aliphatic heterocycles. The first-order valence-corrected chi connectivity index (χ1v) is 13.7. The van der Waals surface area contributed by atoms with Gasteiger partial charge in [-0.1, -0.05) is 87.7 Å². The Morgan fingerprint density at radius 1 is 1.05 bits per heavy atom. The van der Waals surface area contributed by atoms with E-state index < -0.39 is 5.54 Å². The Kier molecular flexibility index (Phi) is 7.18. The van der Waals surface area contributed by atoms with Crippen LogP contribution in [-0.4, -0.2) is 44.6 Å². The number of rotatable bonds is 7. The van der Waals surface area contributed by atoms with Gasteiger partial charge >= 0.3 is 0 Å². The number of hydrogen-bond acceptors (Lipinski definition) is 3. The van der Waals surface area contributed by atoms with Gasteiger partial charge in [-0.05, 0) is 49.3 Å². The van der Waals surface area contributed by atoms with E-state index in [0.717, 1.165) is 42.5 Å². The zero-order chi connectivity index (χ0) is 26.0. The van der Waals surface area contributed by atoms with E-state index in [0.29, 0.717) is 31.1 Å². The summed E-state index contributed by atoms with van der Waals surface area (Å²) in [6.07, 6.45) is 6.20. The summed E-state index contributed by atoms with van der Waals surface area (Å²) in [5.74, 6) is 0.234. The highest BCUT2D eigenvalue weighted by Gasteiger charge is 2.48. The molecule has 2 amide bonds. The van der Waals surface area contributed by atoms with Crippen molar-refractivity contribution in [3.8, 4) is 11.3 Å². The standard InChI is InChI=1S/C31H38N4O2/c1-22(2)24-14-16-25(17-15-24)27-20-28-29(36)34(19-18-23-10-6-4-7-11-23)31(3,21-35(28)33-27)30(37)32-26-12-8-5-9-13-26/h4,6-7,10-11,14-17,20,22,26H,5,8-9,12-13,18-19,21H2,1-3H3,(H,32,37). The van der Waals surface area contributed by atoms with Crippen molar-refractivity contribution in [2.45, 2.75) is 83.3 Å². The van der Waals surface area contributed by atoms with Crippen LogP contribution in [0.2, 0.25) is 0 Å². The molecule has 0 radical (unpaired) electrons. The Hall–Kier alpha value is -3.41. The molecule has 0 bridgehead atoms. The third-order valence-corrected chi connectivity index (χ3v) is 8.07. The average Bonchev–Trinajstić information content (AvgIpc) is 3.33. The molecule has 1 aromatic heterocycles. The molecule has 1 fully saturated rings. The van der Waals surface area contributed by atoms with E-state index in [1.165, 1.54) is 12.0 Å². The number of nitrogens with zero attached hydrogens (tertiary/aromatic N) is 3. The zero-order valence-corrected chi connectivity index (χ0v) is 22.2. The Morgan fingerprint density at radius 2 is 1.76 bits per heavy atom. The maximum atomic E-state index is 13.9. The van der Waals surface area contributed by atoms with Crippen molar-refractivity contribution in [2.75, 3.05) is 6.54 Å². The number of benzene rings is 2. The fourth-order valence-corrected chi connectivity index (χ4v) is 5.64. The monoisotopic (exact) mass is 498 g/mol. The number of amides is 2. The SMILES string of the molecule is CC(C)c1ccc(-c2cc3n(n2)CC(C)(C(=O)NC2CCCCC2)N(CCc2ccccc2)C3=O)cc1. The molecular weight excluding hydrogens is 460 g/mol. The van der Waals surface area contributed by atoms with Crippen LogP contribution in [-0.2, 0) is 17.8 Å². The van der Waals surface area contributed by atoms with Gasteiger partial charge in [0.25, 0.3) is 5.91 Å². The maximum Gasteiger partial charge on any atom is 0.273 e. The lowest BCUT2D eigenvalue weighted by atomic mass is 9.91. The van der Waals surface area contributed by atoms with Gasteiger partial charge in [0.15, 0.2) is 0 Å². The summed E-state index contributed by atoms with van der Waals surface area (Å²) < 4.78 is 1.74. The number of carbonyl (C=O) groups is 2. The Balaban J connectivity index is 1.45. The highest BCUT2D eigenvalue weighted by molar-refractivity contribution is 6.00. The van der Waals surface area contributed by atoms with E-state index in [4.69, 9.17) is 5.10 Å². The van der Waals surface area contributed by atoms with Crippen molar-refractivity contribution >= 4 is 11.8 Å². The number of hydrogen-bond donors (Lipinski definition) is 1. The predicted octanol–water partition coefficient (Wildman–Crippen LogP) is 5.58. The lowest BCUT2D eigenvalue weighted by molar-refractivity contribution is -0.134. The fraction of sp³-hybridized carbons (Fsp3) is 0.452. The molecule has 1 aliphatic carbocycles. The summed E-state index contributed by atoms with van der Waals surface area (Å²) in [7, 11) is 0. The third-order valence-electron chi connectivity index (χ3n) is 8.07. The molecule has 6 heteroatoms. The highest BCUT2D eigenvalue weighted by atomic mass is 16.2. The Bertz CT molecular complexity index is 1240. The number of nitrogens with one attached hydrogen (secondary N) is 1. The van der Waals surface area contributed by atoms with E-state index in [1.807, 2.05) is 31.2 Å². The van der Waals surface area contributed by atoms with Crippen LogP contribution in [0.5, 0.6) is 0 Å². The molecule has 1 unspecified atom stereocenters. The number of carbonyl (C=O) groups excluding carboxylic acids is 2. The molecule has 6 nitrogen and oxygen atoms in total. The summed E-state index contributed by atoms with van der Waals surface area (Å²) >= 11 is 0. The molecule has 0 spiro atoms. The summed E-state index contributed by atoms with van der Waals surface area (Å²) in [6.45, 7) is 7.06. The van der Waals surface area contributed by atoms with Gasteiger partial charge in [0.05, 0.1) is 12.2 Å². The van der Waals surface area contributed by atoms with Crippen molar-refractivity contribution in [3.05, 3.63) is 77.5 Å². The summed E-state index contributed by atoms with van der Waals surface area (Å²) in [5, 5.41) is 8.10. The fourth-order valence-electron chi connectivity index (χ4n) is 5.64. The van der Waals surface area contributed by atoms with E-state index >= 15 is 0 Å². The van der Waals surface area contributed by atoms with Crippen LogP contribution in [0.1, 0.15) is 80.4 Å². The van der Waals surface area contributed by atoms with Crippen molar-refractivity contribution in [1.29, 1.82) is 0 Å². The Morgan fingerprint density at radius 3 is 2.43 bits per heavy atom. The molecule has 1 atom stereocenters. The first-order chi connectivity index (χ1) is 17.8. The molecule has 2 aromatic carbocycles. The lowest BCUT2D eigenvalue weighted by Gasteiger charge is -2.44. The van der Waals surface area contributed by atoms with Crippen molar-refractivity contribution in [2.24, 2.45) is 0 Å². The second-order valence-electron chi connectivity index (χ2n) is 11.1. The molecule has 37 heavy (non-hydrogen) atoms. The molecule has 194 valence electrons. The maximum absolute atomic E-state index is 13.9. The molecule has 2 aliphatic rings. The van der Waals surface area contributed by atoms with Gasteiger partial charge in [-0.15, -0.1) is 0 Å². The molecule has 5 rings (SSSR count). The van der Waals surface area contributed by atoms with E-state index in [9.17, 15) is 9.59 Å². The largest absolute Gasteiger partial charge is 0.351 e. The lowest BCUT2D eigenvalue weighted by Crippen LogP contribution is -2.65. The van der Waals surface area contributed by atoms with Crippen LogP contribution in [0.3, 0.4) is 0 Å². The molecule has 1 saturated carbocycles. The first kappa shape index (κ1) is 25.2. The summed E-state index contributed by atoms with van der Waals surface area (Å²) in [4.78, 5) is 29.5. The van der Waals surface area contributed by atoms with Crippen LogP contribution in [0, 0.1) is 0 Å². The molecular formula is C31H38N4O2. The van der Waals surface area contributed by atoms with Crippen molar-refractivity contribution in [1.82, 2.24) is 20.0 Å². The van der Waals surface area contributed by atoms with Crippen LogP contribution in [0.25, 0.3) is 11.3 Å². The number of fused-ring (bicyclic) bond motifs is 1. The minimum Gasteiger partial charge on any atom is -0.351 e. The second kappa shape index (κ2) is 10.5. The zero-order valence-electron chi connectivity index (χ0n) is 22.2. The van der Waals surface area contributed by atoms with Gasteiger partial charge in [-0.25, -0.2) is 0 Å². The minimum atomic E-state index is -1.01. The first-order valence-electron chi connectivity index (χ1n) is 13.7.